The normalized spacial score (nSPS) is 14.5. The van der Waals surface area contributed by atoms with Crippen LogP contribution >= 0.6 is 22.6 Å². The average molecular weight is 202 g/mol. The van der Waals surface area contributed by atoms with E-state index in [2.05, 4.69) is 22.6 Å². The Morgan fingerprint density at radius 2 is 2.33 bits per heavy atom. The van der Waals surface area contributed by atoms with Crippen LogP contribution in [0.1, 0.15) is 13.3 Å². The second-order valence-corrected chi connectivity index (χ2v) is 2.92. The molecule has 0 aromatic carbocycles. The van der Waals surface area contributed by atoms with Crippen molar-refractivity contribution in [3.63, 3.8) is 0 Å². The summed E-state index contributed by atoms with van der Waals surface area (Å²) >= 11 is 2.09. The summed E-state index contributed by atoms with van der Waals surface area (Å²) in [7, 11) is 0. The molecule has 2 heteroatoms. The molecular formula is C4H8FI. The molecule has 0 aromatic heterocycles. The molecule has 0 bridgehead atoms. The smallest absolute Gasteiger partial charge is 0.101 e. The molecule has 0 aliphatic heterocycles. The molecule has 1 atom stereocenters. The minimum Gasteiger partial charge on any atom is -0.250 e. The lowest BCUT2D eigenvalue weighted by atomic mass is 10.4. The van der Waals surface area contributed by atoms with Gasteiger partial charge in [0.1, 0.15) is 6.67 Å². The lowest BCUT2D eigenvalue weighted by Crippen LogP contribution is -1.94. The van der Waals surface area contributed by atoms with E-state index in [0.29, 0.717) is 0 Å². The van der Waals surface area contributed by atoms with Gasteiger partial charge in [-0.2, -0.15) is 0 Å². The van der Waals surface area contributed by atoms with Gasteiger partial charge in [0, 0.05) is 3.92 Å². The van der Waals surface area contributed by atoms with Crippen molar-refractivity contribution >= 4 is 22.6 Å². The standard InChI is InChI=1S/C4H8FI/c1-2-4(6)3-5/h4H,2-3H2,1H3. The summed E-state index contributed by atoms with van der Waals surface area (Å²) in [6, 6.07) is 0. The molecule has 0 aliphatic rings. The molecule has 0 radical (unpaired) electrons. The Balaban J connectivity index is 2.75. The summed E-state index contributed by atoms with van der Waals surface area (Å²) in [6.45, 7) is 1.80. The van der Waals surface area contributed by atoms with E-state index in [1.54, 1.807) is 0 Å². The molecule has 0 aromatic rings. The van der Waals surface area contributed by atoms with Crippen LogP contribution in [0.3, 0.4) is 0 Å². The first-order valence-electron chi connectivity index (χ1n) is 2.01. The predicted octanol–water partition coefficient (Wildman–Crippen LogP) is 2.17. The van der Waals surface area contributed by atoms with Gasteiger partial charge in [0.15, 0.2) is 0 Å². The van der Waals surface area contributed by atoms with Crippen molar-refractivity contribution in [2.45, 2.75) is 17.3 Å². The van der Waals surface area contributed by atoms with Gasteiger partial charge in [0.2, 0.25) is 0 Å². The van der Waals surface area contributed by atoms with Crippen LogP contribution in [0.4, 0.5) is 4.39 Å². The molecular weight excluding hydrogens is 194 g/mol. The van der Waals surface area contributed by atoms with E-state index in [9.17, 15) is 4.39 Å². The molecule has 0 nitrogen and oxygen atoms in total. The van der Waals surface area contributed by atoms with Crippen molar-refractivity contribution in [3.8, 4) is 0 Å². The summed E-state index contributed by atoms with van der Waals surface area (Å²) < 4.78 is 11.6. The third-order valence-corrected chi connectivity index (χ3v) is 1.82. The molecule has 0 spiro atoms. The molecule has 0 saturated heterocycles. The van der Waals surface area contributed by atoms with Crippen molar-refractivity contribution in [2.75, 3.05) is 6.67 Å². The number of alkyl halides is 2. The van der Waals surface area contributed by atoms with Gasteiger partial charge in [-0.05, 0) is 6.42 Å². The van der Waals surface area contributed by atoms with Gasteiger partial charge in [-0.3, -0.25) is 0 Å². The number of hydrogen-bond donors (Lipinski definition) is 0. The lowest BCUT2D eigenvalue weighted by molar-refractivity contribution is 0.486. The van der Waals surface area contributed by atoms with Gasteiger partial charge in [0.05, 0.1) is 0 Å². The molecule has 0 N–H and O–H groups in total. The van der Waals surface area contributed by atoms with Crippen molar-refractivity contribution in [2.24, 2.45) is 0 Å². The average Bonchev–Trinajstić information content (AvgIpc) is 1.65. The molecule has 0 aliphatic carbocycles. The third kappa shape index (κ3) is 2.87. The Kier molecular flexibility index (Phi) is 4.26. The van der Waals surface area contributed by atoms with Crippen LogP contribution in [0.25, 0.3) is 0 Å². The number of halogens is 2. The first-order chi connectivity index (χ1) is 2.81. The van der Waals surface area contributed by atoms with Gasteiger partial charge in [0.25, 0.3) is 0 Å². The zero-order chi connectivity index (χ0) is 4.99. The van der Waals surface area contributed by atoms with E-state index in [0.717, 1.165) is 6.42 Å². The number of rotatable bonds is 2. The van der Waals surface area contributed by atoms with E-state index in [1.165, 1.54) is 0 Å². The maximum Gasteiger partial charge on any atom is 0.101 e. The summed E-state index contributed by atoms with van der Waals surface area (Å²) in [6.07, 6.45) is 0.942. The van der Waals surface area contributed by atoms with Crippen molar-refractivity contribution in [1.29, 1.82) is 0 Å². The molecule has 6 heavy (non-hydrogen) atoms. The predicted molar refractivity (Wildman–Crippen MR) is 34.1 cm³/mol. The maximum absolute atomic E-state index is 11.4. The van der Waals surface area contributed by atoms with E-state index in [-0.39, 0.29) is 10.6 Å². The van der Waals surface area contributed by atoms with Crippen molar-refractivity contribution < 1.29 is 4.39 Å². The second kappa shape index (κ2) is 3.84. The fourth-order valence-electron chi connectivity index (χ4n) is 0.109. The highest BCUT2D eigenvalue weighted by Crippen LogP contribution is 2.03. The first kappa shape index (κ1) is 6.66. The molecule has 0 amide bonds. The fraction of sp³-hybridized carbons (Fsp3) is 1.00. The lowest BCUT2D eigenvalue weighted by Gasteiger charge is -1.93. The Morgan fingerprint density at radius 3 is 2.33 bits per heavy atom. The van der Waals surface area contributed by atoms with Crippen LogP contribution in [0.5, 0.6) is 0 Å². The molecule has 0 saturated carbocycles. The topological polar surface area (TPSA) is 0 Å². The quantitative estimate of drug-likeness (QED) is 0.475. The van der Waals surface area contributed by atoms with Crippen LogP contribution in [0, 0.1) is 0 Å². The minimum absolute atomic E-state index is 0.183. The fourth-order valence-corrected chi connectivity index (χ4v) is 0.109. The van der Waals surface area contributed by atoms with Gasteiger partial charge in [-0.15, -0.1) is 0 Å². The van der Waals surface area contributed by atoms with Crippen LogP contribution in [0.2, 0.25) is 0 Å². The van der Waals surface area contributed by atoms with E-state index < -0.39 is 0 Å². The maximum atomic E-state index is 11.4. The van der Waals surface area contributed by atoms with Crippen LogP contribution in [-0.4, -0.2) is 10.6 Å². The Bertz CT molecular complexity index is 26.7. The summed E-state index contributed by atoms with van der Waals surface area (Å²) in [5.74, 6) is 0. The molecule has 0 rings (SSSR count). The van der Waals surface area contributed by atoms with Crippen LogP contribution in [-0.2, 0) is 0 Å². The first-order valence-corrected chi connectivity index (χ1v) is 3.25. The monoisotopic (exact) mass is 202 g/mol. The van der Waals surface area contributed by atoms with Crippen molar-refractivity contribution in [1.82, 2.24) is 0 Å². The van der Waals surface area contributed by atoms with Crippen LogP contribution < -0.4 is 0 Å². The largest absolute Gasteiger partial charge is 0.250 e. The molecule has 0 heterocycles. The van der Waals surface area contributed by atoms with Gasteiger partial charge >= 0.3 is 0 Å². The highest BCUT2D eigenvalue weighted by atomic mass is 127. The van der Waals surface area contributed by atoms with Crippen molar-refractivity contribution in [3.05, 3.63) is 0 Å². The van der Waals surface area contributed by atoms with E-state index >= 15 is 0 Å². The molecule has 0 fully saturated rings. The minimum atomic E-state index is -0.183. The van der Waals surface area contributed by atoms with Gasteiger partial charge in [-0.1, -0.05) is 29.5 Å². The molecule has 38 valence electrons. The van der Waals surface area contributed by atoms with E-state index in [1.807, 2.05) is 6.92 Å². The summed E-state index contributed by atoms with van der Waals surface area (Å²) in [4.78, 5) is 0. The summed E-state index contributed by atoms with van der Waals surface area (Å²) in [5.41, 5.74) is 0. The number of hydrogen-bond acceptors (Lipinski definition) is 0. The highest BCUT2D eigenvalue weighted by molar-refractivity contribution is 14.1. The zero-order valence-corrected chi connectivity index (χ0v) is 5.90. The van der Waals surface area contributed by atoms with Gasteiger partial charge in [-0.25, -0.2) is 4.39 Å². The Labute approximate surface area is 51.3 Å². The Hall–Kier alpha value is 0.660. The van der Waals surface area contributed by atoms with E-state index in [4.69, 9.17) is 0 Å². The molecule has 1 unspecified atom stereocenters. The van der Waals surface area contributed by atoms with Crippen LogP contribution in [0.15, 0.2) is 0 Å². The highest BCUT2D eigenvalue weighted by Gasteiger charge is 1.94. The SMILES string of the molecule is CCC(I)CF. The third-order valence-electron chi connectivity index (χ3n) is 0.610. The zero-order valence-electron chi connectivity index (χ0n) is 3.75. The van der Waals surface area contributed by atoms with Gasteiger partial charge < -0.3 is 0 Å². The second-order valence-electron chi connectivity index (χ2n) is 1.16. The summed E-state index contributed by atoms with van der Waals surface area (Å²) in [5, 5.41) is 0. The Morgan fingerprint density at radius 1 is 1.83 bits per heavy atom.